The summed E-state index contributed by atoms with van der Waals surface area (Å²) in [4.78, 5) is 130. The molecule has 2 aliphatic heterocycles. The zero-order valence-electron chi connectivity index (χ0n) is 44.2. The molecular formula is C48H79N7O21. The van der Waals surface area contributed by atoms with Crippen LogP contribution in [-0.2, 0) is 100 Å². The molecule has 0 saturated carbocycles. The van der Waals surface area contributed by atoms with Crippen LogP contribution in [0.3, 0.4) is 0 Å². The first-order valence-electron chi connectivity index (χ1n) is 25.4. The standard InChI is InChI=1S/C48H79N7O21/c1-35(46(63)52-37(3)48(65)76-55-43(60)12-13-44(55)61)50-45(62)36(2)51-47(64)38(53-39(56)9-7-15-54-41(58)10-11-42(54)59)8-5-6-14-49-40(57)34-75-33-32-74-31-30-73-29-28-72-27-26-71-25-24-70-23-22-69-21-20-68-19-18-67-17-16-66-4/h10-11,35-38H,5-9,12-34H2,1-4H3,(H,49,57)(H,50,62)(H,51,64)(H,52,63)(H,53,56)/t35-,36-,37-,38-/m0/s1. The first-order valence-corrected chi connectivity index (χ1v) is 25.4. The van der Waals surface area contributed by atoms with Gasteiger partial charge in [0.1, 0.15) is 30.8 Å². The van der Waals surface area contributed by atoms with Crippen molar-refractivity contribution >= 4 is 59.1 Å². The third kappa shape index (κ3) is 30.9. The third-order valence-electron chi connectivity index (χ3n) is 10.6. The van der Waals surface area contributed by atoms with Gasteiger partial charge in [0.2, 0.25) is 29.5 Å². The largest absolute Gasteiger partial charge is 0.382 e. The van der Waals surface area contributed by atoms with Crippen molar-refractivity contribution in [1.29, 1.82) is 0 Å². The number of hydroxylamine groups is 2. The van der Waals surface area contributed by atoms with E-state index in [4.69, 9.17) is 52.2 Å². The Hall–Kier alpha value is -5.56. The molecule has 28 nitrogen and oxygen atoms in total. The minimum Gasteiger partial charge on any atom is -0.382 e. The van der Waals surface area contributed by atoms with Crippen LogP contribution in [0.2, 0.25) is 0 Å². The Bertz CT molecular complexity index is 1790. The molecule has 5 N–H and O–H groups in total. The van der Waals surface area contributed by atoms with E-state index in [9.17, 15) is 47.9 Å². The summed E-state index contributed by atoms with van der Waals surface area (Å²) in [6.07, 6.45) is 2.85. The SMILES string of the molecule is COCCOCCOCCOCCOCCOCCOCCOCCOCCOCC(=O)NCCCC[C@H](NC(=O)CCCN1C(=O)C=CC1=O)C(=O)N[C@@H](C)C(=O)N[C@@H](C)C(=O)N[C@@H](C)C(=O)ON1C(=O)CCC1=O. The van der Waals surface area contributed by atoms with Gasteiger partial charge in [0, 0.05) is 51.6 Å². The lowest BCUT2D eigenvalue weighted by atomic mass is 10.1. The Morgan fingerprint density at radius 1 is 0.500 bits per heavy atom. The summed E-state index contributed by atoms with van der Waals surface area (Å²) < 4.78 is 53.8. The van der Waals surface area contributed by atoms with Crippen molar-refractivity contribution in [2.45, 2.75) is 89.9 Å². The number of nitrogens with one attached hydrogen (secondary N) is 5. The van der Waals surface area contributed by atoms with E-state index < -0.39 is 77.4 Å². The molecule has 0 spiro atoms. The normalized spacial score (nSPS) is 14.9. The minimum absolute atomic E-state index is 0.0145. The van der Waals surface area contributed by atoms with Crippen LogP contribution in [0.1, 0.15) is 65.7 Å². The number of hydrogen-bond donors (Lipinski definition) is 5. The Morgan fingerprint density at radius 2 is 0.908 bits per heavy atom. The summed E-state index contributed by atoms with van der Waals surface area (Å²) in [5.74, 6) is -6.74. The van der Waals surface area contributed by atoms with Gasteiger partial charge in [0.05, 0.1) is 119 Å². The molecule has 4 atom stereocenters. The second-order valence-electron chi connectivity index (χ2n) is 16.9. The van der Waals surface area contributed by atoms with Crippen LogP contribution in [0.15, 0.2) is 12.2 Å². The first-order chi connectivity index (χ1) is 36.6. The van der Waals surface area contributed by atoms with Crippen molar-refractivity contribution in [3.8, 4) is 0 Å². The molecule has 0 aliphatic carbocycles. The highest BCUT2D eigenvalue weighted by Crippen LogP contribution is 2.13. The van der Waals surface area contributed by atoms with E-state index in [0.717, 1.165) is 17.1 Å². The molecule has 2 rings (SSSR count). The maximum absolute atomic E-state index is 13.4. The number of ether oxygens (including phenoxy) is 10. The van der Waals surface area contributed by atoms with Crippen LogP contribution in [0.4, 0.5) is 0 Å². The van der Waals surface area contributed by atoms with Crippen molar-refractivity contribution in [3.63, 3.8) is 0 Å². The van der Waals surface area contributed by atoms with Crippen LogP contribution in [0.5, 0.6) is 0 Å². The zero-order valence-corrected chi connectivity index (χ0v) is 44.2. The summed E-state index contributed by atoms with van der Waals surface area (Å²) >= 11 is 0. The van der Waals surface area contributed by atoms with Gasteiger partial charge in [-0.1, -0.05) is 0 Å². The van der Waals surface area contributed by atoms with E-state index in [1.54, 1.807) is 7.11 Å². The average molecular weight is 1090 g/mol. The summed E-state index contributed by atoms with van der Waals surface area (Å²) in [6, 6.07) is -4.88. The summed E-state index contributed by atoms with van der Waals surface area (Å²) in [5.41, 5.74) is 0. The molecule has 0 radical (unpaired) electrons. The van der Waals surface area contributed by atoms with Crippen LogP contribution in [0, 0.1) is 0 Å². The van der Waals surface area contributed by atoms with Gasteiger partial charge in [0.15, 0.2) is 0 Å². The number of rotatable bonds is 47. The van der Waals surface area contributed by atoms with Gasteiger partial charge in [-0.25, -0.2) is 4.79 Å². The summed E-state index contributed by atoms with van der Waals surface area (Å²) in [5, 5.41) is 12.9. The monoisotopic (exact) mass is 1090 g/mol. The highest BCUT2D eigenvalue weighted by Gasteiger charge is 2.35. The van der Waals surface area contributed by atoms with Crippen LogP contribution in [0.25, 0.3) is 0 Å². The van der Waals surface area contributed by atoms with E-state index in [2.05, 4.69) is 26.6 Å². The summed E-state index contributed by atoms with van der Waals surface area (Å²) in [7, 11) is 1.62. The minimum atomic E-state index is -1.31. The van der Waals surface area contributed by atoms with E-state index in [1.807, 2.05) is 0 Å². The number of hydrogen-bond acceptors (Lipinski definition) is 21. The van der Waals surface area contributed by atoms with Gasteiger partial charge in [-0.15, -0.1) is 5.06 Å². The summed E-state index contributed by atoms with van der Waals surface area (Å²) in [6.45, 7) is 11.5. The molecule has 0 unspecified atom stereocenters. The molecule has 9 amide bonds. The lowest BCUT2D eigenvalue weighted by Crippen LogP contribution is -2.56. The predicted molar refractivity (Wildman–Crippen MR) is 263 cm³/mol. The molecule has 28 heteroatoms. The molecule has 432 valence electrons. The van der Waals surface area contributed by atoms with Crippen LogP contribution < -0.4 is 26.6 Å². The molecule has 1 fully saturated rings. The molecule has 0 aromatic rings. The topological polar surface area (TPSA) is 339 Å². The Kier molecular flexibility index (Phi) is 36.4. The average Bonchev–Trinajstić information content (AvgIpc) is 3.89. The fourth-order valence-electron chi connectivity index (χ4n) is 6.41. The predicted octanol–water partition coefficient (Wildman–Crippen LogP) is -2.62. The molecule has 0 bridgehead atoms. The molecule has 2 heterocycles. The van der Waals surface area contributed by atoms with Gasteiger partial charge in [0.25, 0.3) is 23.6 Å². The highest BCUT2D eigenvalue weighted by atomic mass is 16.7. The zero-order chi connectivity index (χ0) is 55.8. The Labute approximate surface area is 442 Å². The molecule has 0 aromatic heterocycles. The number of carbonyl (C=O) groups is 10. The van der Waals surface area contributed by atoms with Crippen molar-refractivity contribution < 1.29 is 100 Å². The third-order valence-corrected chi connectivity index (χ3v) is 10.6. The van der Waals surface area contributed by atoms with E-state index in [0.29, 0.717) is 124 Å². The number of carbonyl (C=O) groups excluding carboxylic acids is 10. The first kappa shape index (κ1) is 66.6. The van der Waals surface area contributed by atoms with Gasteiger partial charge in [-0.2, -0.15) is 0 Å². The number of unbranched alkanes of at least 4 members (excludes halogenated alkanes) is 1. The van der Waals surface area contributed by atoms with Crippen LogP contribution in [-0.4, -0.2) is 239 Å². The quantitative estimate of drug-likeness (QED) is 0.0308. The van der Waals surface area contributed by atoms with Crippen molar-refractivity contribution in [1.82, 2.24) is 36.5 Å². The van der Waals surface area contributed by atoms with Gasteiger partial charge in [-0.3, -0.25) is 48.1 Å². The Balaban J connectivity index is 1.56. The second-order valence-corrected chi connectivity index (χ2v) is 16.9. The fraction of sp³-hybridized carbons (Fsp3) is 0.750. The fourth-order valence-corrected chi connectivity index (χ4v) is 6.41. The van der Waals surface area contributed by atoms with E-state index >= 15 is 0 Å². The van der Waals surface area contributed by atoms with E-state index in [1.165, 1.54) is 20.8 Å². The molecular weight excluding hydrogens is 1010 g/mol. The number of amides is 9. The maximum Gasteiger partial charge on any atom is 0.354 e. The molecule has 2 aliphatic rings. The van der Waals surface area contributed by atoms with Crippen molar-refractivity contribution in [2.24, 2.45) is 0 Å². The molecule has 76 heavy (non-hydrogen) atoms. The van der Waals surface area contributed by atoms with Gasteiger partial charge >= 0.3 is 5.97 Å². The second kappa shape index (κ2) is 41.6. The smallest absolute Gasteiger partial charge is 0.354 e. The van der Waals surface area contributed by atoms with Crippen molar-refractivity contribution in [3.05, 3.63) is 12.2 Å². The molecule has 1 saturated heterocycles. The van der Waals surface area contributed by atoms with Crippen LogP contribution >= 0.6 is 0 Å². The Morgan fingerprint density at radius 3 is 1.36 bits per heavy atom. The number of methoxy groups -OCH3 is 1. The lowest BCUT2D eigenvalue weighted by molar-refractivity contribution is -0.198. The van der Waals surface area contributed by atoms with Crippen molar-refractivity contribution in [2.75, 3.05) is 146 Å². The maximum atomic E-state index is 13.4. The van der Waals surface area contributed by atoms with Gasteiger partial charge in [-0.05, 0) is 46.5 Å². The lowest BCUT2D eigenvalue weighted by Gasteiger charge is -2.23. The van der Waals surface area contributed by atoms with E-state index in [-0.39, 0.29) is 70.9 Å². The number of nitrogens with zero attached hydrogens (tertiary/aromatic N) is 2. The van der Waals surface area contributed by atoms with Gasteiger partial charge < -0.3 is 78.8 Å². The highest BCUT2D eigenvalue weighted by molar-refractivity contribution is 6.12. The number of imide groups is 2. The molecule has 0 aromatic carbocycles.